The zero-order valence-corrected chi connectivity index (χ0v) is 9.95. The number of halogens is 1. The minimum Gasteiger partial charge on any atom is -0.487 e. The molecule has 0 radical (unpaired) electrons. The molecule has 0 aliphatic carbocycles. The summed E-state index contributed by atoms with van der Waals surface area (Å²) in [7, 11) is 0. The van der Waals surface area contributed by atoms with E-state index in [2.05, 4.69) is 5.92 Å². The Morgan fingerprint density at radius 2 is 1.88 bits per heavy atom. The van der Waals surface area contributed by atoms with Gasteiger partial charge in [-0.15, -0.1) is 6.42 Å². The molecule has 0 saturated carbocycles. The standard InChI is InChI=1S/C15H11ClO/c1-2-12-8-9-15(14(16)10-12)17-11-13-6-4-3-5-7-13/h1,3-10H,11H2. The Balaban J connectivity index is 2.08. The molecule has 1 nitrogen and oxygen atoms in total. The molecule has 0 unspecified atom stereocenters. The summed E-state index contributed by atoms with van der Waals surface area (Å²) in [4.78, 5) is 0. The molecule has 0 aliphatic heterocycles. The average Bonchev–Trinajstić information content (AvgIpc) is 2.38. The summed E-state index contributed by atoms with van der Waals surface area (Å²) in [5, 5.41) is 0.538. The van der Waals surface area contributed by atoms with Crippen molar-refractivity contribution in [2.24, 2.45) is 0 Å². The number of benzene rings is 2. The second kappa shape index (κ2) is 5.43. The van der Waals surface area contributed by atoms with Gasteiger partial charge in [0.25, 0.3) is 0 Å². The van der Waals surface area contributed by atoms with Crippen molar-refractivity contribution in [3.63, 3.8) is 0 Å². The van der Waals surface area contributed by atoms with Crippen LogP contribution in [0.15, 0.2) is 48.5 Å². The molecule has 2 aromatic rings. The van der Waals surface area contributed by atoms with Crippen molar-refractivity contribution in [1.82, 2.24) is 0 Å². The number of ether oxygens (including phenoxy) is 1. The highest BCUT2D eigenvalue weighted by atomic mass is 35.5. The van der Waals surface area contributed by atoms with Crippen LogP contribution in [0.4, 0.5) is 0 Å². The molecule has 0 amide bonds. The SMILES string of the molecule is C#Cc1ccc(OCc2ccccc2)c(Cl)c1. The van der Waals surface area contributed by atoms with Gasteiger partial charge in [-0.05, 0) is 23.8 Å². The molecule has 17 heavy (non-hydrogen) atoms. The van der Waals surface area contributed by atoms with Gasteiger partial charge in [-0.1, -0.05) is 47.9 Å². The summed E-state index contributed by atoms with van der Waals surface area (Å²) in [5.41, 5.74) is 1.85. The average molecular weight is 243 g/mol. The lowest BCUT2D eigenvalue weighted by molar-refractivity contribution is 0.306. The smallest absolute Gasteiger partial charge is 0.138 e. The fourth-order valence-corrected chi connectivity index (χ4v) is 1.68. The van der Waals surface area contributed by atoms with Gasteiger partial charge < -0.3 is 4.74 Å². The van der Waals surface area contributed by atoms with E-state index in [0.29, 0.717) is 17.4 Å². The van der Waals surface area contributed by atoms with E-state index in [4.69, 9.17) is 22.8 Å². The van der Waals surface area contributed by atoms with Gasteiger partial charge in [0.15, 0.2) is 0 Å². The van der Waals surface area contributed by atoms with Crippen LogP contribution in [0.1, 0.15) is 11.1 Å². The van der Waals surface area contributed by atoms with Gasteiger partial charge in [0, 0.05) is 5.56 Å². The Labute approximate surface area is 106 Å². The summed E-state index contributed by atoms with van der Waals surface area (Å²) in [5.74, 6) is 3.18. The summed E-state index contributed by atoms with van der Waals surface area (Å²) in [6.07, 6.45) is 5.28. The molecule has 0 heterocycles. The maximum Gasteiger partial charge on any atom is 0.138 e. The molecule has 0 bridgehead atoms. The van der Waals surface area contributed by atoms with Gasteiger partial charge in [-0.2, -0.15) is 0 Å². The van der Waals surface area contributed by atoms with Crippen molar-refractivity contribution in [1.29, 1.82) is 0 Å². The highest BCUT2D eigenvalue weighted by Crippen LogP contribution is 2.25. The van der Waals surface area contributed by atoms with E-state index in [1.165, 1.54) is 0 Å². The lowest BCUT2D eigenvalue weighted by Gasteiger charge is -2.08. The van der Waals surface area contributed by atoms with Crippen LogP contribution < -0.4 is 4.74 Å². The first kappa shape index (κ1) is 11.6. The van der Waals surface area contributed by atoms with E-state index in [1.807, 2.05) is 36.4 Å². The normalized spacial score (nSPS) is 9.65. The maximum atomic E-state index is 6.05. The predicted octanol–water partition coefficient (Wildman–Crippen LogP) is 3.90. The molecule has 84 valence electrons. The molecule has 0 aromatic heterocycles. The lowest BCUT2D eigenvalue weighted by Crippen LogP contribution is -1.95. The molecule has 2 heteroatoms. The first-order valence-electron chi connectivity index (χ1n) is 5.22. The van der Waals surface area contributed by atoms with Crippen LogP contribution in [-0.2, 0) is 6.61 Å². The highest BCUT2D eigenvalue weighted by Gasteiger charge is 2.02. The number of rotatable bonds is 3. The Morgan fingerprint density at radius 1 is 1.12 bits per heavy atom. The second-order valence-corrected chi connectivity index (χ2v) is 3.97. The summed E-state index contributed by atoms with van der Waals surface area (Å²) >= 11 is 6.05. The van der Waals surface area contributed by atoms with Gasteiger partial charge in [-0.25, -0.2) is 0 Å². The monoisotopic (exact) mass is 242 g/mol. The number of hydrogen-bond donors (Lipinski definition) is 0. The van der Waals surface area contributed by atoms with Crippen LogP contribution in [0.3, 0.4) is 0 Å². The number of hydrogen-bond acceptors (Lipinski definition) is 1. The molecule has 0 aliphatic rings. The topological polar surface area (TPSA) is 9.23 Å². The third-order valence-corrected chi connectivity index (χ3v) is 2.63. The van der Waals surface area contributed by atoms with Crippen LogP contribution in [0.25, 0.3) is 0 Å². The minimum absolute atomic E-state index is 0.496. The Hall–Kier alpha value is -1.91. The first-order chi connectivity index (χ1) is 8.29. The van der Waals surface area contributed by atoms with Gasteiger partial charge in [0.1, 0.15) is 12.4 Å². The van der Waals surface area contributed by atoms with Crippen molar-refractivity contribution in [2.75, 3.05) is 0 Å². The fraction of sp³-hybridized carbons (Fsp3) is 0.0667. The van der Waals surface area contributed by atoms with E-state index < -0.39 is 0 Å². The molecule has 0 fully saturated rings. The van der Waals surface area contributed by atoms with Crippen LogP contribution in [0, 0.1) is 12.3 Å². The molecule has 0 saturated heterocycles. The summed E-state index contributed by atoms with van der Waals surface area (Å²) < 4.78 is 5.62. The predicted molar refractivity (Wildman–Crippen MR) is 70.2 cm³/mol. The maximum absolute atomic E-state index is 6.05. The van der Waals surface area contributed by atoms with Crippen LogP contribution in [-0.4, -0.2) is 0 Å². The van der Waals surface area contributed by atoms with Gasteiger partial charge in [0.2, 0.25) is 0 Å². The second-order valence-electron chi connectivity index (χ2n) is 3.56. The molecular weight excluding hydrogens is 232 g/mol. The van der Waals surface area contributed by atoms with E-state index in [-0.39, 0.29) is 0 Å². The quantitative estimate of drug-likeness (QED) is 0.742. The van der Waals surface area contributed by atoms with Crippen LogP contribution in [0.5, 0.6) is 5.75 Å². The van der Waals surface area contributed by atoms with Crippen molar-refractivity contribution in [2.45, 2.75) is 6.61 Å². The fourth-order valence-electron chi connectivity index (χ4n) is 1.44. The van der Waals surface area contributed by atoms with Crippen molar-refractivity contribution in [3.8, 4) is 18.1 Å². The molecule has 0 spiro atoms. The van der Waals surface area contributed by atoms with Gasteiger partial charge >= 0.3 is 0 Å². The molecular formula is C15H11ClO. The zero-order valence-electron chi connectivity index (χ0n) is 9.19. The number of terminal acetylenes is 1. The van der Waals surface area contributed by atoms with Crippen molar-refractivity contribution < 1.29 is 4.74 Å². The van der Waals surface area contributed by atoms with Gasteiger partial charge in [-0.3, -0.25) is 0 Å². The third-order valence-electron chi connectivity index (χ3n) is 2.34. The Bertz CT molecular complexity index is 541. The van der Waals surface area contributed by atoms with E-state index in [0.717, 1.165) is 11.1 Å². The molecule has 2 rings (SSSR count). The van der Waals surface area contributed by atoms with Gasteiger partial charge in [0.05, 0.1) is 5.02 Å². The lowest BCUT2D eigenvalue weighted by atomic mass is 10.2. The molecule has 0 atom stereocenters. The van der Waals surface area contributed by atoms with E-state index in [1.54, 1.807) is 12.1 Å². The third kappa shape index (κ3) is 3.03. The van der Waals surface area contributed by atoms with Crippen molar-refractivity contribution in [3.05, 3.63) is 64.7 Å². The molecule has 2 aromatic carbocycles. The largest absolute Gasteiger partial charge is 0.487 e. The van der Waals surface area contributed by atoms with Crippen LogP contribution in [0.2, 0.25) is 5.02 Å². The van der Waals surface area contributed by atoms with Crippen molar-refractivity contribution >= 4 is 11.6 Å². The van der Waals surface area contributed by atoms with Crippen LogP contribution >= 0.6 is 11.6 Å². The summed E-state index contributed by atoms with van der Waals surface area (Å²) in [6.45, 7) is 0.496. The summed E-state index contributed by atoms with van der Waals surface area (Å²) in [6, 6.07) is 15.3. The van der Waals surface area contributed by atoms with E-state index >= 15 is 0 Å². The minimum atomic E-state index is 0.496. The Kier molecular flexibility index (Phi) is 3.69. The van der Waals surface area contributed by atoms with E-state index in [9.17, 15) is 0 Å². The zero-order chi connectivity index (χ0) is 12.1. The molecule has 0 N–H and O–H groups in total. The Morgan fingerprint density at radius 3 is 2.53 bits per heavy atom. The first-order valence-corrected chi connectivity index (χ1v) is 5.60. The highest BCUT2D eigenvalue weighted by molar-refractivity contribution is 6.32.